The number of rotatable bonds is 9. The molecule has 134 valence electrons. The smallest absolute Gasteiger partial charge is 0.341 e. The van der Waals surface area contributed by atoms with E-state index in [9.17, 15) is 9.59 Å². The Hall–Kier alpha value is -1.44. The van der Waals surface area contributed by atoms with Gasteiger partial charge in [0.05, 0.1) is 39.4 Å². The standard InChI is InChI=1S/C17H27N3O3S/c1-4-23-17(22)15-12-7-5-8-13(12)24-16(15)19-14(21)11-18-9-6-10-20(2)3/h18H,4-11H2,1-3H3,(H,19,21)/p+2. The van der Waals surface area contributed by atoms with E-state index in [2.05, 4.69) is 19.4 Å². The summed E-state index contributed by atoms with van der Waals surface area (Å²) < 4.78 is 5.18. The number of nitrogens with one attached hydrogen (secondary N) is 2. The molecule has 1 amide bonds. The molecule has 0 saturated heterocycles. The molecule has 0 aliphatic heterocycles. The number of hydrogen-bond acceptors (Lipinski definition) is 4. The number of quaternary nitrogens is 2. The van der Waals surface area contributed by atoms with Crippen LogP contribution in [0.2, 0.25) is 0 Å². The predicted octanol–water partition coefficient (Wildman–Crippen LogP) is -0.550. The SMILES string of the molecule is CCOC(=O)c1c(NC(=O)C[NH2+]CCC[NH+](C)C)sc2c1CCC2. The minimum atomic E-state index is -0.315. The minimum Gasteiger partial charge on any atom is -0.462 e. The number of amides is 1. The third-order valence-electron chi connectivity index (χ3n) is 4.07. The summed E-state index contributed by atoms with van der Waals surface area (Å²) in [6.45, 7) is 4.56. The summed E-state index contributed by atoms with van der Waals surface area (Å²) in [5.74, 6) is -0.372. The number of thiophene rings is 1. The third kappa shape index (κ3) is 5.03. The first-order valence-electron chi connectivity index (χ1n) is 8.75. The lowest BCUT2D eigenvalue weighted by atomic mass is 10.1. The highest BCUT2D eigenvalue weighted by atomic mass is 32.1. The lowest BCUT2D eigenvalue weighted by Crippen LogP contribution is -3.06. The van der Waals surface area contributed by atoms with Crippen LogP contribution in [0.4, 0.5) is 5.00 Å². The summed E-state index contributed by atoms with van der Waals surface area (Å²) in [5.41, 5.74) is 1.66. The number of esters is 1. The van der Waals surface area contributed by atoms with Crippen LogP contribution in [0, 0.1) is 0 Å². The molecular weight excluding hydrogens is 326 g/mol. The maximum Gasteiger partial charge on any atom is 0.341 e. The molecule has 4 N–H and O–H groups in total. The summed E-state index contributed by atoms with van der Waals surface area (Å²) in [6, 6.07) is 0. The Morgan fingerprint density at radius 2 is 2.12 bits per heavy atom. The van der Waals surface area contributed by atoms with Crippen molar-refractivity contribution < 1.29 is 24.5 Å². The van der Waals surface area contributed by atoms with Crippen LogP contribution in [0.5, 0.6) is 0 Å². The van der Waals surface area contributed by atoms with E-state index in [0.717, 1.165) is 44.3 Å². The summed E-state index contributed by atoms with van der Waals surface area (Å²) in [6.07, 6.45) is 4.04. The maximum absolute atomic E-state index is 12.3. The summed E-state index contributed by atoms with van der Waals surface area (Å²) in [4.78, 5) is 27.1. The molecule has 24 heavy (non-hydrogen) atoms. The molecule has 0 spiro atoms. The highest BCUT2D eigenvalue weighted by Crippen LogP contribution is 2.39. The first kappa shape index (κ1) is 18.9. The molecule has 1 aromatic heterocycles. The largest absolute Gasteiger partial charge is 0.462 e. The maximum atomic E-state index is 12.3. The molecule has 1 aliphatic rings. The van der Waals surface area contributed by atoms with Gasteiger partial charge < -0.3 is 20.3 Å². The molecule has 1 aromatic rings. The highest BCUT2D eigenvalue weighted by Gasteiger charge is 2.28. The molecule has 0 radical (unpaired) electrons. The van der Waals surface area contributed by atoms with Gasteiger partial charge in [-0.3, -0.25) is 4.79 Å². The molecule has 0 aromatic carbocycles. The molecule has 1 aliphatic carbocycles. The second-order valence-electron chi connectivity index (χ2n) is 6.42. The molecular formula is C17H29N3O3S+2. The van der Waals surface area contributed by atoms with Crippen molar-refractivity contribution in [3.05, 3.63) is 16.0 Å². The first-order valence-corrected chi connectivity index (χ1v) is 9.56. The Balaban J connectivity index is 1.92. The van der Waals surface area contributed by atoms with Crippen molar-refractivity contribution in [1.29, 1.82) is 0 Å². The Bertz CT molecular complexity index is 584. The third-order valence-corrected chi connectivity index (χ3v) is 5.28. The Labute approximate surface area is 147 Å². The Kier molecular flexibility index (Phi) is 7.20. The molecule has 0 atom stereocenters. The van der Waals surface area contributed by atoms with Crippen molar-refractivity contribution in [2.45, 2.75) is 32.6 Å². The topological polar surface area (TPSA) is 76.4 Å². The Morgan fingerprint density at radius 1 is 1.33 bits per heavy atom. The van der Waals surface area contributed by atoms with Gasteiger partial charge in [0.1, 0.15) is 5.00 Å². The van der Waals surface area contributed by atoms with Crippen molar-refractivity contribution in [3.8, 4) is 0 Å². The number of carbonyl (C=O) groups is 2. The summed E-state index contributed by atoms with van der Waals surface area (Å²) in [7, 11) is 4.25. The monoisotopic (exact) mass is 355 g/mol. The van der Waals surface area contributed by atoms with E-state index in [-0.39, 0.29) is 11.9 Å². The van der Waals surface area contributed by atoms with Gasteiger partial charge in [-0.2, -0.15) is 0 Å². The number of ether oxygens (including phenoxy) is 1. The molecule has 0 fully saturated rings. The van der Waals surface area contributed by atoms with Gasteiger partial charge in [0.25, 0.3) is 5.91 Å². The number of aryl methyl sites for hydroxylation is 1. The lowest BCUT2D eigenvalue weighted by molar-refractivity contribution is -0.860. The van der Waals surface area contributed by atoms with Gasteiger partial charge in [0, 0.05) is 11.3 Å². The average molecular weight is 356 g/mol. The lowest BCUT2D eigenvalue weighted by Gasteiger charge is -2.08. The zero-order valence-electron chi connectivity index (χ0n) is 14.9. The number of fused-ring (bicyclic) bond motifs is 1. The van der Waals surface area contributed by atoms with Crippen molar-refractivity contribution in [2.24, 2.45) is 0 Å². The van der Waals surface area contributed by atoms with E-state index in [0.29, 0.717) is 23.7 Å². The summed E-state index contributed by atoms with van der Waals surface area (Å²) >= 11 is 1.53. The van der Waals surface area contributed by atoms with E-state index in [1.807, 2.05) is 5.32 Å². The number of hydrogen-bond donors (Lipinski definition) is 3. The zero-order valence-corrected chi connectivity index (χ0v) is 15.7. The number of nitrogens with two attached hydrogens (primary N) is 1. The average Bonchev–Trinajstić information content (AvgIpc) is 3.07. The fourth-order valence-corrected chi connectivity index (χ4v) is 4.22. The van der Waals surface area contributed by atoms with Gasteiger partial charge in [0.2, 0.25) is 0 Å². The molecule has 0 bridgehead atoms. The predicted molar refractivity (Wildman–Crippen MR) is 94.9 cm³/mol. The first-order chi connectivity index (χ1) is 11.5. The van der Waals surface area contributed by atoms with Gasteiger partial charge in [-0.15, -0.1) is 11.3 Å². The van der Waals surface area contributed by atoms with Crippen molar-refractivity contribution in [2.75, 3.05) is 45.7 Å². The fraction of sp³-hybridized carbons (Fsp3) is 0.647. The van der Waals surface area contributed by atoms with Crippen LogP contribution in [0.25, 0.3) is 0 Å². The van der Waals surface area contributed by atoms with Crippen molar-refractivity contribution in [3.63, 3.8) is 0 Å². The van der Waals surface area contributed by atoms with Crippen molar-refractivity contribution in [1.82, 2.24) is 0 Å². The van der Waals surface area contributed by atoms with Crippen molar-refractivity contribution >= 4 is 28.2 Å². The molecule has 6 nitrogen and oxygen atoms in total. The van der Waals surface area contributed by atoms with E-state index in [4.69, 9.17) is 4.74 Å². The van der Waals surface area contributed by atoms with Gasteiger partial charge >= 0.3 is 5.97 Å². The molecule has 2 rings (SSSR count). The van der Waals surface area contributed by atoms with Gasteiger partial charge in [-0.05, 0) is 31.7 Å². The number of anilines is 1. The minimum absolute atomic E-state index is 0.0577. The fourth-order valence-electron chi connectivity index (χ4n) is 2.92. The van der Waals surface area contributed by atoms with Crippen LogP contribution >= 0.6 is 11.3 Å². The van der Waals surface area contributed by atoms with Crippen LogP contribution in [-0.2, 0) is 22.4 Å². The zero-order chi connectivity index (χ0) is 17.5. The van der Waals surface area contributed by atoms with Gasteiger partial charge in [-0.25, -0.2) is 4.79 Å². The van der Waals surface area contributed by atoms with Gasteiger partial charge in [0.15, 0.2) is 6.54 Å². The Morgan fingerprint density at radius 3 is 2.83 bits per heavy atom. The molecule has 0 unspecified atom stereocenters. The normalized spacial score (nSPS) is 13.2. The highest BCUT2D eigenvalue weighted by molar-refractivity contribution is 7.17. The molecule has 0 saturated carbocycles. The van der Waals surface area contributed by atoms with E-state index in [1.54, 1.807) is 6.92 Å². The molecule has 1 heterocycles. The second kappa shape index (κ2) is 9.15. The van der Waals surface area contributed by atoms with Crippen LogP contribution in [-0.4, -0.2) is 52.2 Å². The second-order valence-corrected chi connectivity index (χ2v) is 7.53. The van der Waals surface area contributed by atoms with Crippen LogP contribution in [0.3, 0.4) is 0 Å². The van der Waals surface area contributed by atoms with Crippen LogP contribution in [0.15, 0.2) is 0 Å². The number of carbonyl (C=O) groups excluding carboxylic acids is 2. The van der Waals surface area contributed by atoms with Gasteiger partial charge in [-0.1, -0.05) is 0 Å². The quantitative estimate of drug-likeness (QED) is 0.411. The van der Waals surface area contributed by atoms with E-state index in [1.165, 1.54) is 21.1 Å². The molecule has 7 heteroatoms. The van der Waals surface area contributed by atoms with Crippen LogP contribution < -0.4 is 15.5 Å². The van der Waals surface area contributed by atoms with E-state index >= 15 is 0 Å². The summed E-state index contributed by atoms with van der Waals surface area (Å²) in [5, 5.41) is 5.60. The van der Waals surface area contributed by atoms with Crippen LogP contribution in [0.1, 0.15) is 40.6 Å². The van der Waals surface area contributed by atoms with E-state index < -0.39 is 0 Å².